The van der Waals surface area contributed by atoms with E-state index in [1.807, 2.05) is 30.3 Å². The molecule has 0 unspecified atom stereocenters. The summed E-state index contributed by atoms with van der Waals surface area (Å²) < 4.78 is 5.46. The van der Waals surface area contributed by atoms with Crippen LogP contribution < -0.4 is 10.2 Å². The van der Waals surface area contributed by atoms with E-state index in [9.17, 15) is 14.4 Å². The van der Waals surface area contributed by atoms with Crippen molar-refractivity contribution < 1.29 is 19.1 Å². The molecule has 1 N–H and O–H groups in total. The molecule has 1 aliphatic heterocycles. The third-order valence-corrected chi connectivity index (χ3v) is 5.24. The van der Waals surface area contributed by atoms with Crippen LogP contribution in [-0.4, -0.2) is 30.4 Å². The first-order valence-electron chi connectivity index (χ1n) is 10.5. The van der Waals surface area contributed by atoms with Crippen molar-refractivity contribution in [2.24, 2.45) is 0 Å². The molecule has 1 heterocycles. The maximum absolute atomic E-state index is 12.8. The van der Waals surface area contributed by atoms with Crippen molar-refractivity contribution >= 4 is 23.5 Å². The Bertz CT molecular complexity index is 897. The lowest BCUT2D eigenvalue weighted by molar-refractivity contribution is -0.130. The Morgan fingerprint density at radius 2 is 1.80 bits per heavy atom. The smallest absolute Gasteiger partial charge is 0.341 e. The van der Waals surface area contributed by atoms with Crippen molar-refractivity contribution in [1.82, 2.24) is 5.32 Å². The zero-order chi connectivity index (χ0) is 21.5. The summed E-state index contributed by atoms with van der Waals surface area (Å²) >= 11 is 0. The molecule has 3 rings (SSSR count). The van der Waals surface area contributed by atoms with Gasteiger partial charge in [0, 0.05) is 13.0 Å². The van der Waals surface area contributed by atoms with Gasteiger partial charge in [-0.2, -0.15) is 0 Å². The van der Waals surface area contributed by atoms with Gasteiger partial charge in [-0.05, 0) is 37.5 Å². The summed E-state index contributed by atoms with van der Waals surface area (Å²) in [6.45, 7) is 4.20. The van der Waals surface area contributed by atoms with Crippen molar-refractivity contribution in [3.05, 3.63) is 65.7 Å². The second kappa shape index (κ2) is 10.1. The lowest BCUT2D eigenvalue weighted by Gasteiger charge is -2.22. The van der Waals surface area contributed by atoms with Gasteiger partial charge < -0.3 is 15.0 Å². The van der Waals surface area contributed by atoms with Gasteiger partial charge in [0.15, 0.2) is 6.10 Å². The maximum atomic E-state index is 12.8. The van der Waals surface area contributed by atoms with Gasteiger partial charge in [0.05, 0.1) is 17.3 Å². The molecule has 1 saturated heterocycles. The van der Waals surface area contributed by atoms with Gasteiger partial charge in [0.25, 0.3) is 5.91 Å². The second-order valence-electron chi connectivity index (χ2n) is 7.47. The lowest BCUT2D eigenvalue weighted by Crippen LogP contribution is -2.38. The molecular weight excluding hydrogens is 380 g/mol. The molecular formula is C24H28N2O4. The Morgan fingerprint density at radius 1 is 1.10 bits per heavy atom. The molecule has 0 radical (unpaired) electrons. The molecule has 0 bridgehead atoms. The fraction of sp³-hybridized carbons (Fsp3) is 0.375. The van der Waals surface area contributed by atoms with Gasteiger partial charge in [-0.3, -0.25) is 9.59 Å². The van der Waals surface area contributed by atoms with Crippen LogP contribution in [0.2, 0.25) is 0 Å². The molecule has 6 nitrogen and oxygen atoms in total. The van der Waals surface area contributed by atoms with E-state index in [0.717, 1.165) is 24.8 Å². The minimum absolute atomic E-state index is 0.00805. The molecule has 2 amide bonds. The minimum Gasteiger partial charge on any atom is -0.449 e. The Morgan fingerprint density at radius 3 is 2.47 bits per heavy atom. The number of hydrogen-bond donors (Lipinski definition) is 1. The Labute approximate surface area is 177 Å². The van der Waals surface area contributed by atoms with E-state index in [4.69, 9.17) is 4.74 Å². The predicted molar refractivity (Wildman–Crippen MR) is 115 cm³/mol. The first-order valence-corrected chi connectivity index (χ1v) is 10.5. The van der Waals surface area contributed by atoms with Crippen LogP contribution in [0.25, 0.3) is 0 Å². The maximum Gasteiger partial charge on any atom is 0.341 e. The molecule has 0 spiro atoms. The normalized spacial score (nSPS) is 15.5. The van der Waals surface area contributed by atoms with Crippen molar-refractivity contribution in [3.8, 4) is 0 Å². The number of para-hydroxylation sites is 1. The van der Waals surface area contributed by atoms with Gasteiger partial charge >= 0.3 is 5.97 Å². The first kappa shape index (κ1) is 21.6. The van der Waals surface area contributed by atoms with Crippen molar-refractivity contribution in [2.45, 2.75) is 51.7 Å². The first-order chi connectivity index (χ1) is 14.5. The van der Waals surface area contributed by atoms with Crippen molar-refractivity contribution in [1.29, 1.82) is 0 Å². The van der Waals surface area contributed by atoms with E-state index in [-0.39, 0.29) is 17.9 Å². The highest BCUT2D eigenvalue weighted by Gasteiger charge is 2.28. The molecule has 6 heteroatoms. The average molecular weight is 408 g/mol. The molecule has 1 fully saturated rings. The Kier molecular flexibility index (Phi) is 7.22. The molecule has 0 aliphatic carbocycles. The van der Waals surface area contributed by atoms with E-state index < -0.39 is 12.1 Å². The summed E-state index contributed by atoms with van der Waals surface area (Å²) in [5.41, 5.74) is 1.84. The van der Waals surface area contributed by atoms with Gasteiger partial charge in [-0.25, -0.2) is 4.79 Å². The number of amides is 2. The second-order valence-corrected chi connectivity index (χ2v) is 7.47. The number of carbonyl (C=O) groups is 3. The number of nitrogens with zero attached hydrogens (tertiary/aromatic N) is 1. The summed E-state index contributed by atoms with van der Waals surface area (Å²) in [4.78, 5) is 39.2. The van der Waals surface area contributed by atoms with Crippen LogP contribution in [0.5, 0.6) is 0 Å². The van der Waals surface area contributed by atoms with E-state index in [0.29, 0.717) is 24.2 Å². The number of ether oxygens (including phenoxy) is 1. The topological polar surface area (TPSA) is 75.7 Å². The average Bonchev–Trinajstić information content (AvgIpc) is 3.19. The molecule has 30 heavy (non-hydrogen) atoms. The van der Waals surface area contributed by atoms with Gasteiger partial charge in [0.2, 0.25) is 5.91 Å². The lowest BCUT2D eigenvalue weighted by atomic mass is 10.0. The molecule has 158 valence electrons. The predicted octanol–water partition coefficient (Wildman–Crippen LogP) is 4.02. The van der Waals surface area contributed by atoms with Crippen molar-refractivity contribution in [2.75, 3.05) is 11.4 Å². The van der Waals surface area contributed by atoms with E-state index in [1.54, 1.807) is 36.1 Å². The number of nitrogens with one attached hydrogen (secondary N) is 1. The van der Waals surface area contributed by atoms with Crippen LogP contribution in [0, 0.1) is 0 Å². The van der Waals surface area contributed by atoms with Crippen LogP contribution in [-0.2, 0) is 14.3 Å². The number of carbonyl (C=O) groups excluding carboxylic acids is 3. The van der Waals surface area contributed by atoms with Crippen molar-refractivity contribution in [3.63, 3.8) is 0 Å². The van der Waals surface area contributed by atoms with Crippen LogP contribution in [0.1, 0.15) is 61.5 Å². The molecule has 2 atom stereocenters. The summed E-state index contributed by atoms with van der Waals surface area (Å²) in [6.07, 6.45) is 1.98. The molecule has 0 saturated carbocycles. The van der Waals surface area contributed by atoms with Gasteiger partial charge in [-0.1, -0.05) is 55.8 Å². The quantitative estimate of drug-likeness (QED) is 0.670. The highest BCUT2D eigenvalue weighted by Crippen LogP contribution is 2.26. The fourth-order valence-electron chi connectivity index (χ4n) is 3.65. The standard InChI is InChI=1S/C24H28N2O4/c1-3-10-20(18-11-5-4-6-12-18)25-23(28)17(2)30-24(29)19-13-7-8-14-21(19)26-16-9-15-22(26)27/h4-8,11-14,17,20H,3,9-10,15-16H2,1-2H3,(H,25,28)/t17-,20-/m0/s1. The molecule has 2 aromatic rings. The zero-order valence-corrected chi connectivity index (χ0v) is 17.5. The number of benzene rings is 2. The SMILES string of the molecule is CCC[C@H](NC(=O)[C@H](C)OC(=O)c1ccccc1N1CCCC1=O)c1ccccc1. The Hall–Kier alpha value is -3.15. The number of rotatable bonds is 8. The summed E-state index contributed by atoms with van der Waals surface area (Å²) in [5.74, 6) is -0.966. The van der Waals surface area contributed by atoms with Gasteiger partial charge in [0.1, 0.15) is 0 Å². The van der Waals surface area contributed by atoms with E-state index in [1.165, 1.54) is 0 Å². The molecule has 1 aliphatic rings. The number of anilines is 1. The molecule has 0 aromatic heterocycles. The van der Waals surface area contributed by atoms with Crippen LogP contribution in [0.15, 0.2) is 54.6 Å². The zero-order valence-electron chi connectivity index (χ0n) is 17.5. The largest absolute Gasteiger partial charge is 0.449 e. The summed E-state index contributed by atoms with van der Waals surface area (Å²) in [6, 6.07) is 16.5. The van der Waals surface area contributed by atoms with Crippen LogP contribution in [0.4, 0.5) is 5.69 Å². The van der Waals surface area contributed by atoms with Crippen LogP contribution in [0.3, 0.4) is 0 Å². The highest BCUT2D eigenvalue weighted by atomic mass is 16.5. The fourth-order valence-corrected chi connectivity index (χ4v) is 3.65. The van der Waals surface area contributed by atoms with Crippen LogP contribution >= 0.6 is 0 Å². The number of esters is 1. The molecule has 2 aromatic carbocycles. The summed E-state index contributed by atoms with van der Waals surface area (Å²) in [5, 5.41) is 2.99. The van der Waals surface area contributed by atoms with E-state index in [2.05, 4.69) is 12.2 Å². The van der Waals surface area contributed by atoms with Gasteiger partial charge in [-0.15, -0.1) is 0 Å². The highest BCUT2D eigenvalue weighted by molar-refractivity contribution is 6.04. The summed E-state index contributed by atoms with van der Waals surface area (Å²) in [7, 11) is 0. The monoisotopic (exact) mass is 408 g/mol. The Balaban J connectivity index is 1.68. The third-order valence-electron chi connectivity index (χ3n) is 5.24. The number of hydrogen-bond acceptors (Lipinski definition) is 4. The minimum atomic E-state index is -0.956. The van der Waals surface area contributed by atoms with E-state index >= 15 is 0 Å². The third kappa shape index (κ3) is 5.06.